The molecule has 1 aromatic heterocycles. The van der Waals surface area contributed by atoms with Crippen molar-refractivity contribution in [3.05, 3.63) is 77.1 Å². The van der Waals surface area contributed by atoms with Crippen molar-refractivity contribution < 1.29 is 14.6 Å². The number of benzene rings is 2. The summed E-state index contributed by atoms with van der Waals surface area (Å²) in [7, 11) is 0. The zero-order valence-corrected chi connectivity index (χ0v) is 18.5. The van der Waals surface area contributed by atoms with Gasteiger partial charge in [-0.1, -0.05) is 31.2 Å². The summed E-state index contributed by atoms with van der Waals surface area (Å²) >= 11 is 0. The number of anilines is 1. The number of carboxylic acids is 1. The number of fused-ring (bicyclic) bond motifs is 1. The average molecular weight is 432 g/mol. The van der Waals surface area contributed by atoms with Gasteiger partial charge in [0.2, 0.25) is 0 Å². The van der Waals surface area contributed by atoms with Crippen molar-refractivity contribution in [2.24, 2.45) is 0 Å². The lowest BCUT2D eigenvalue weighted by Gasteiger charge is -2.28. The van der Waals surface area contributed by atoms with E-state index in [2.05, 4.69) is 59.8 Å². The number of aromatic carboxylic acids is 1. The molecule has 4 rings (SSSR count). The highest BCUT2D eigenvalue weighted by Crippen LogP contribution is 2.32. The molecule has 1 aliphatic heterocycles. The fraction of sp³-hybridized carbons (Fsp3) is 0.308. The highest BCUT2D eigenvalue weighted by molar-refractivity contribution is 5.93. The van der Waals surface area contributed by atoms with Gasteiger partial charge in [0, 0.05) is 18.8 Å². The molecule has 0 amide bonds. The molecule has 0 radical (unpaired) electrons. The van der Waals surface area contributed by atoms with Crippen LogP contribution in [-0.4, -0.2) is 35.8 Å². The number of hydrogen-bond donors (Lipinski definition) is 3. The van der Waals surface area contributed by atoms with Crippen LogP contribution in [0.4, 0.5) is 5.69 Å². The lowest BCUT2D eigenvalue weighted by Crippen LogP contribution is -2.34. The number of rotatable bonds is 8. The van der Waals surface area contributed by atoms with E-state index in [9.17, 15) is 9.90 Å². The van der Waals surface area contributed by atoms with Gasteiger partial charge in [0.25, 0.3) is 0 Å². The Bertz CT molecular complexity index is 1110. The molecule has 2 aromatic carbocycles. The normalized spacial score (nSPS) is 15.1. The number of carbonyl (C=O) groups is 1. The lowest BCUT2D eigenvalue weighted by molar-refractivity contribution is 0.0697. The second-order valence-corrected chi connectivity index (χ2v) is 8.10. The highest BCUT2D eigenvalue weighted by atomic mass is 16.5. The molecule has 0 unspecified atom stereocenters. The maximum absolute atomic E-state index is 11.5. The molecule has 0 aliphatic carbocycles. The third-order valence-corrected chi connectivity index (χ3v) is 5.83. The maximum atomic E-state index is 11.5. The molecule has 6 nitrogen and oxygen atoms in total. The summed E-state index contributed by atoms with van der Waals surface area (Å²) in [4.78, 5) is 15.5. The van der Waals surface area contributed by atoms with Gasteiger partial charge in [0.15, 0.2) is 0 Å². The number of nitrogens with zero attached hydrogens (tertiary/aromatic N) is 1. The minimum absolute atomic E-state index is 0.0977. The van der Waals surface area contributed by atoms with Crippen LogP contribution in [0.3, 0.4) is 0 Å². The second kappa shape index (κ2) is 9.83. The SMILES string of the molecule is CCCOc1ccc(-c2ccc3c(c2)CCN[C@H]3CNc2cnccc2C(=O)O)c(C)c1. The molecule has 0 bridgehead atoms. The smallest absolute Gasteiger partial charge is 0.337 e. The van der Waals surface area contributed by atoms with Crippen molar-refractivity contribution in [3.8, 4) is 16.9 Å². The van der Waals surface area contributed by atoms with Crippen molar-refractivity contribution >= 4 is 11.7 Å². The topological polar surface area (TPSA) is 83.5 Å². The monoisotopic (exact) mass is 431 g/mol. The Morgan fingerprint density at radius 2 is 2.12 bits per heavy atom. The van der Waals surface area contributed by atoms with E-state index in [4.69, 9.17) is 4.74 Å². The van der Waals surface area contributed by atoms with Crippen LogP contribution in [0.15, 0.2) is 54.9 Å². The van der Waals surface area contributed by atoms with Crippen LogP contribution in [0, 0.1) is 6.92 Å². The molecule has 32 heavy (non-hydrogen) atoms. The number of aromatic nitrogens is 1. The van der Waals surface area contributed by atoms with E-state index < -0.39 is 5.97 Å². The van der Waals surface area contributed by atoms with Crippen LogP contribution < -0.4 is 15.4 Å². The van der Waals surface area contributed by atoms with Crippen LogP contribution >= 0.6 is 0 Å². The Labute approximate surface area is 188 Å². The van der Waals surface area contributed by atoms with Crippen molar-refractivity contribution in [2.75, 3.05) is 25.0 Å². The maximum Gasteiger partial charge on any atom is 0.337 e. The molecule has 166 valence electrons. The van der Waals surface area contributed by atoms with E-state index in [1.54, 1.807) is 6.20 Å². The van der Waals surface area contributed by atoms with Gasteiger partial charge in [0.05, 0.1) is 24.1 Å². The van der Waals surface area contributed by atoms with E-state index in [0.29, 0.717) is 12.2 Å². The Balaban J connectivity index is 1.53. The predicted molar refractivity (Wildman–Crippen MR) is 127 cm³/mol. The molecule has 2 heterocycles. The van der Waals surface area contributed by atoms with Crippen molar-refractivity contribution in [3.63, 3.8) is 0 Å². The Kier molecular flexibility index (Phi) is 6.71. The molecule has 0 saturated carbocycles. The largest absolute Gasteiger partial charge is 0.494 e. The van der Waals surface area contributed by atoms with Gasteiger partial charge in [-0.25, -0.2) is 4.79 Å². The van der Waals surface area contributed by atoms with Crippen molar-refractivity contribution in [1.29, 1.82) is 0 Å². The van der Waals surface area contributed by atoms with E-state index in [-0.39, 0.29) is 11.6 Å². The molecule has 0 saturated heterocycles. The summed E-state index contributed by atoms with van der Waals surface area (Å²) in [5, 5.41) is 16.2. The van der Waals surface area contributed by atoms with Crippen LogP contribution in [0.2, 0.25) is 0 Å². The summed E-state index contributed by atoms with van der Waals surface area (Å²) in [6, 6.07) is 14.5. The van der Waals surface area contributed by atoms with Gasteiger partial charge < -0.3 is 20.5 Å². The van der Waals surface area contributed by atoms with E-state index >= 15 is 0 Å². The first-order valence-corrected chi connectivity index (χ1v) is 11.1. The Morgan fingerprint density at radius 3 is 2.91 bits per heavy atom. The number of hydrogen-bond acceptors (Lipinski definition) is 5. The van der Waals surface area contributed by atoms with Crippen LogP contribution in [-0.2, 0) is 6.42 Å². The van der Waals surface area contributed by atoms with Gasteiger partial charge in [-0.15, -0.1) is 0 Å². The number of pyridine rings is 1. The number of aryl methyl sites for hydroxylation is 1. The summed E-state index contributed by atoms with van der Waals surface area (Å²) in [5.41, 5.74) is 6.95. The van der Waals surface area contributed by atoms with E-state index in [1.807, 2.05) is 6.07 Å². The molecule has 0 spiro atoms. The first kappa shape index (κ1) is 21.8. The van der Waals surface area contributed by atoms with E-state index in [1.165, 1.54) is 40.1 Å². The highest BCUT2D eigenvalue weighted by Gasteiger charge is 2.21. The third-order valence-electron chi connectivity index (χ3n) is 5.83. The minimum atomic E-state index is -0.960. The van der Waals surface area contributed by atoms with Crippen LogP contribution in [0.1, 0.15) is 46.4 Å². The van der Waals surface area contributed by atoms with Crippen LogP contribution in [0.25, 0.3) is 11.1 Å². The molecular weight excluding hydrogens is 402 g/mol. The molecule has 3 N–H and O–H groups in total. The molecule has 1 atom stereocenters. The molecule has 1 aliphatic rings. The fourth-order valence-electron chi connectivity index (χ4n) is 4.21. The molecule has 3 aromatic rings. The Morgan fingerprint density at radius 1 is 1.25 bits per heavy atom. The Hall–Kier alpha value is -3.38. The first-order valence-electron chi connectivity index (χ1n) is 11.1. The van der Waals surface area contributed by atoms with Crippen molar-refractivity contribution in [2.45, 2.75) is 32.7 Å². The quantitative estimate of drug-likeness (QED) is 0.473. The minimum Gasteiger partial charge on any atom is -0.494 e. The zero-order valence-electron chi connectivity index (χ0n) is 18.5. The van der Waals surface area contributed by atoms with Crippen LogP contribution in [0.5, 0.6) is 5.75 Å². The number of ether oxygens (including phenoxy) is 1. The van der Waals surface area contributed by atoms with E-state index in [0.717, 1.165) is 31.7 Å². The number of nitrogens with one attached hydrogen (secondary N) is 2. The predicted octanol–water partition coefficient (Wildman–Crippen LogP) is 4.84. The third kappa shape index (κ3) is 4.75. The molecule has 0 fully saturated rings. The molecular formula is C26H29N3O3. The van der Waals surface area contributed by atoms with Gasteiger partial charge in [0.1, 0.15) is 5.75 Å². The van der Waals surface area contributed by atoms with Gasteiger partial charge in [-0.2, -0.15) is 0 Å². The second-order valence-electron chi connectivity index (χ2n) is 8.10. The lowest BCUT2D eigenvalue weighted by atomic mass is 9.89. The summed E-state index contributed by atoms with van der Waals surface area (Å²) < 4.78 is 5.76. The molecule has 6 heteroatoms. The van der Waals surface area contributed by atoms with Crippen molar-refractivity contribution in [1.82, 2.24) is 10.3 Å². The van der Waals surface area contributed by atoms with Gasteiger partial charge in [-0.3, -0.25) is 4.98 Å². The average Bonchev–Trinajstić information content (AvgIpc) is 2.81. The standard InChI is InChI=1S/C26H29N3O3/c1-3-12-32-20-5-7-21(17(2)13-20)18-4-6-22-19(14-18)8-11-28-25(22)16-29-24-15-27-10-9-23(24)26(30)31/h4-7,9-10,13-15,25,28-29H,3,8,11-12,16H2,1-2H3,(H,30,31)/t25-/m0/s1. The van der Waals surface area contributed by atoms with Gasteiger partial charge >= 0.3 is 5.97 Å². The zero-order chi connectivity index (χ0) is 22.5. The summed E-state index contributed by atoms with van der Waals surface area (Å²) in [5.74, 6) is -0.0458. The first-order chi connectivity index (χ1) is 15.6. The van der Waals surface area contributed by atoms with Gasteiger partial charge in [-0.05, 0) is 72.3 Å². The number of carboxylic acid groups (broad SMARTS) is 1. The fourth-order valence-corrected chi connectivity index (χ4v) is 4.21. The summed E-state index contributed by atoms with van der Waals surface area (Å²) in [6.07, 6.45) is 5.01. The summed E-state index contributed by atoms with van der Waals surface area (Å²) in [6.45, 7) is 6.42.